The summed E-state index contributed by atoms with van der Waals surface area (Å²) in [7, 11) is 0. The Balaban J connectivity index is 1.93. The Kier molecular flexibility index (Phi) is 7.23. The van der Waals surface area contributed by atoms with E-state index in [1.807, 2.05) is 0 Å². The van der Waals surface area contributed by atoms with E-state index in [0.717, 1.165) is 4.90 Å². The number of nitrogens with zero attached hydrogens (tertiary/aromatic N) is 1. The number of aliphatic carboxylic acids is 1. The van der Waals surface area contributed by atoms with Crippen molar-refractivity contribution in [2.75, 3.05) is 11.5 Å². The van der Waals surface area contributed by atoms with Crippen molar-refractivity contribution >= 4 is 39.9 Å². The summed E-state index contributed by atoms with van der Waals surface area (Å²) < 4.78 is 83.7. The van der Waals surface area contributed by atoms with Gasteiger partial charge in [0.25, 0.3) is 5.91 Å². The molecule has 0 aromatic heterocycles. The molecule has 1 unspecified atom stereocenters. The summed E-state index contributed by atoms with van der Waals surface area (Å²) >= 11 is 6.27. The lowest BCUT2D eigenvalue weighted by atomic mass is 9.91. The molecule has 3 aromatic rings. The zero-order chi connectivity index (χ0) is 28.0. The van der Waals surface area contributed by atoms with Gasteiger partial charge >= 0.3 is 18.3 Å². The molecule has 1 aliphatic rings. The van der Waals surface area contributed by atoms with Crippen LogP contribution >= 0.6 is 11.6 Å². The third-order valence-corrected chi connectivity index (χ3v) is 6.22. The lowest BCUT2D eigenvalue weighted by Gasteiger charge is -2.23. The number of carbonyl (C=O) groups is 2. The molecule has 0 bridgehead atoms. The largest absolute Gasteiger partial charge is 0.483 e. The maximum Gasteiger partial charge on any atom is 0.422 e. The first-order valence-corrected chi connectivity index (χ1v) is 11.4. The van der Waals surface area contributed by atoms with Crippen molar-refractivity contribution < 1.29 is 50.9 Å². The molecule has 0 saturated carbocycles. The summed E-state index contributed by atoms with van der Waals surface area (Å²) in [6.07, 6.45) is -13.7. The zero-order valence-corrected chi connectivity index (χ0v) is 19.9. The number of hydrogen-bond acceptors (Lipinski definition) is 4. The minimum atomic E-state index is -4.80. The number of aliphatic hydroxyl groups is 1. The molecule has 6 nitrogen and oxygen atoms in total. The highest BCUT2D eigenvalue weighted by Gasteiger charge is 2.44. The molecule has 13 heteroatoms. The molecule has 38 heavy (non-hydrogen) atoms. The molecule has 3 aromatic carbocycles. The fourth-order valence-electron chi connectivity index (χ4n) is 4.47. The number of aryl methyl sites for hydroxylation is 1. The van der Waals surface area contributed by atoms with Crippen LogP contribution in [0.4, 0.5) is 32.0 Å². The van der Waals surface area contributed by atoms with Gasteiger partial charge < -0.3 is 14.9 Å². The van der Waals surface area contributed by atoms with Gasteiger partial charge in [-0.15, -0.1) is 0 Å². The Bertz CT molecular complexity index is 1420. The van der Waals surface area contributed by atoms with Crippen molar-refractivity contribution in [2.45, 2.75) is 37.8 Å². The van der Waals surface area contributed by atoms with Crippen LogP contribution in [0.3, 0.4) is 0 Å². The van der Waals surface area contributed by atoms with Gasteiger partial charge in [-0.25, -0.2) is 0 Å². The zero-order valence-electron chi connectivity index (χ0n) is 19.2. The van der Waals surface area contributed by atoms with Crippen molar-refractivity contribution in [3.8, 4) is 5.75 Å². The van der Waals surface area contributed by atoms with E-state index in [9.17, 15) is 41.0 Å². The first-order chi connectivity index (χ1) is 17.7. The van der Waals surface area contributed by atoms with E-state index >= 15 is 0 Å². The van der Waals surface area contributed by atoms with Crippen LogP contribution in [0.15, 0.2) is 42.5 Å². The summed E-state index contributed by atoms with van der Waals surface area (Å²) in [4.78, 5) is 25.3. The molecule has 0 aliphatic carbocycles. The molecular weight excluding hydrogens is 544 g/mol. The van der Waals surface area contributed by atoms with Gasteiger partial charge in [-0.1, -0.05) is 41.9 Å². The number of aliphatic hydroxyl groups excluding tert-OH is 1. The third-order valence-electron chi connectivity index (χ3n) is 5.92. The van der Waals surface area contributed by atoms with Gasteiger partial charge in [-0.2, -0.15) is 26.3 Å². The predicted molar refractivity (Wildman–Crippen MR) is 124 cm³/mol. The van der Waals surface area contributed by atoms with Crippen molar-refractivity contribution in [3.63, 3.8) is 0 Å². The molecule has 0 spiro atoms. The van der Waals surface area contributed by atoms with Crippen LogP contribution in [-0.4, -0.2) is 41.0 Å². The van der Waals surface area contributed by atoms with E-state index in [1.165, 1.54) is 42.5 Å². The number of rotatable bonds is 7. The molecule has 202 valence electrons. The summed E-state index contributed by atoms with van der Waals surface area (Å²) in [5.41, 5.74) is -0.767. The molecular formula is C25H18ClF6NO5. The molecule has 1 aliphatic heterocycles. The smallest absolute Gasteiger partial charge is 0.422 e. The maximum atomic E-state index is 13.6. The third kappa shape index (κ3) is 5.51. The first kappa shape index (κ1) is 27.5. The van der Waals surface area contributed by atoms with Crippen molar-refractivity contribution in [2.24, 2.45) is 0 Å². The lowest BCUT2D eigenvalue weighted by molar-refractivity contribution is -0.153. The Morgan fingerprint density at radius 2 is 1.68 bits per heavy atom. The summed E-state index contributed by atoms with van der Waals surface area (Å²) in [6.45, 7) is -1.79. The second-order valence-corrected chi connectivity index (χ2v) is 8.97. The maximum absolute atomic E-state index is 13.6. The fourth-order valence-corrected chi connectivity index (χ4v) is 4.76. The normalized spacial score (nSPS) is 15.7. The molecule has 0 radical (unpaired) electrons. The predicted octanol–water partition coefficient (Wildman–Crippen LogP) is 6.21. The van der Waals surface area contributed by atoms with Crippen molar-refractivity contribution in [3.05, 3.63) is 69.7 Å². The van der Waals surface area contributed by atoms with Gasteiger partial charge in [0.2, 0.25) is 0 Å². The monoisotopic (exact) mass is 561 g/mol. The number of anilines is 1. The summed E-state index contributed by atoms with van der Waals surface area (Å²) in [5.74, 6) is -2.74. The van der Waals surface area contributed by atoms with Gasteiger partial charge in [0.1, 0.15) is 5.75 Å². The number of alkyl halides is 6. The van der Waals surface area contributed by atoms with Crippen LogP contribution < -0.4 is 9.64 Å². The van der Waals surface area contributed by atoms with E-state index in [1.54, 1.807) is 0 Å². The minimum Gasteiger partial charge on any atom is -0.483 e. The highest BCUT2D eigenvalue weighted by Crippen LogP contribution is 2.48. The number of ether oxygens (including phenoxy) is 1. The van der Waals surface area contributed by atoms with Crippen LogP contribution in [0.1, 0.15) is 39.7 Å². The van der Waals surface area contributed by atoms with Gasteiger partial charge in [0, 0.05) is 17.4 Å². The number of carboxylic acids is 1. The van der Waals surface area contributed by atoms with E-state index in [0.29, 0.717) is 0 Å². The Morgan fingerprint density at radius 1 is 1.03 bits per heavy atom. The molecule has 1 atom stereocenters. The molecule has 1 amide bonds. The van der Waals surface area contributed by atoms with Gasteiger partial charge in [-0.05, 0) is 35.1 Å². The van der Waals surface area contributed by atoms with Crippen LogP contribution in [0.25, 0.3) is 10.8 Å². The van der Waals surface area contributed by atoms with Gasteiger partial charge in [0.05, 0.1) is 22.7 Å². The Morgan fingerprint density at radius 3 is 2.26 bits per heavy atom. The number of carboxylic acid groups (broad SMARTS) is 1. The molecule has 4 rings (SSSR count). The molecule has 2 N–H and O–H groups in total. The molecule has 0 saturated heterocycles. The minimum absolute atomic E-state index is 0.0297. The topological polar surface area (TPSA) is 87.1 Å². The Hall–Kier alpha value is -3.51. The van der Waals surface area contributed by atoms with Crippen molar-refractivity contribution in [1.29, 1.82) is 0 Å². The standard InChI is InChI=1S/C25H18ClF6NO5/c26-16-9-12(10-18(34)35)5-6-17(16)33-22(36)19-14(7-8-24(27,28)29)13-3-1-2-4-15(13)21(20(19)23(33)37)38-11-25(30,31)32/h1-6,9,22,36H,7-8,10-11H2,(H,34,35). The fraction of sp³-hybridized carbons (Fsp3) is 0.280. The second kappa shape index (κ2) is 9.99. The lowest BCUT2D eigenvalue weighted by Crippen LogP contribution is -2.28. The number of benzene rings is 3. The number of hydrogen-bond donors (Lipinski definition) is 2. The number of fused-ring (bicyclic) bond motifs is 2. The summed E-state index contributed by atoms with van der Waals surface area (Å²) in [6, 6.07) is 9.35. The second-order valence-electron chi connectivity index (χ2n) is 8.57. The van der Waals surface area contributed by atoms with Crippen LogP contribution in [0, 0.1) is 0 Å². The molecule has 0 fully saturated rings. The highest BCUT2D eigenvalue weighted by atomic mass is 35.5. The summed E-state index contributed by atoms with van der Waals surface area (Å²) in [5, 5.41) is 20.1. The van der Waals surface area contributed by atoms with E-state index in [4.69, 9.17) is 21.4 Å². The SMILES string of the molecule is O=C(O)Cc1ccc(N2C(=O)c3c(c(CCC(F)(F)F)c4ccccc4c3OCC(F)(F)F)C2O)c(Cl)c1. The van der Waals surface area contributed by atoms with Gasteiger partial charge in [0.15, 0.2) is 12.8 Å². The quantitative estimate of drug-likeness (QED) is 0.335. The number of halogens is 7. The van der Waals surface area contributed by atoms with Gasteiger partial charge in [-0.3, -0.25) is 14.5 Å². The van der Waals surface area contributed by atoms with Crippen LogP contribution in [-0.2, 0) is 17.6 Å². The van der Waals surface area contributed by atoms with E-state index in [-0.39, 0.29) is 38.2 Å². The average Bonchev–Trinajstić information content (AvgIpc) is 3.05. The average molecular weight is 562 g/mol. The van der Waals surface area contributed by atoms with Crippen LogP contribution in [0.2, 0.25) is 5.02 Å². The first-order valence-electron chi connectivity index (χ1n) is 11.0. The highest BCUT2D eigenvalue weighted by molar-refractivity contribution is 6.34. The molecule has 1 heterocycles. The Labute approximate surface area is 216 Å². The van der Waals surface area contributed by atoms with Crippen molar-refractivity contribution in [1.82, 2.24) is 0 Å². The van der Waals surface area contributed by atoms with Crippen LogP contribution in [0.5, 0.6) is 5.75 Å². The van der Waals surface area contributed by atoms with E-state index in [2.05, 4.69) is 0 Å². The number of carbonyl (C=O) groups excluding carboxylic acids is 1. The van der Waals surface area contributed by atoms with E-state index < -0.39 is 67.6 Å². The number of amides is 1.